The van der Waals surface area contributed by atoms with Gasteiger partial charge < -0.3 is 4.74 Å². The van der Waals surface area contributed by atoms with Crippen LogP contribution in [0.2, 0.25) is 0 Å². The monoisotopic (exact) mass is 639 g/mol. The Labute approximate surface area is 262 Å². The van der Waals surface area contributed by atoms with Crippen LogP contribution in [0.3, 0.4) is 0 Å². The van der Waals surface area contributed by atoms with Crippen LogP contribution in [-0.4, -0.2) is 29.5 Å². The number of hydrogen-bond donors (Lipinski definition) is 0. The van der Waals surface area contributed by atoms with Gasteiger partial charge in [0.05, 0.1) is 23.1 Å². The van der Waals surface area contributed by atoms with Crippen molar-refractivity contribution in [1.82, 2.24) is 4.90 Å². The lowest BCUT2D eigenvalue weighted by molar-refractivity contribution is -0.138. The zero-order valence-corrected chi connectivity index (χ0v) is 25.0. The molecule has 0 spiro atoms. The second-order valence-corrected chi connectivity index (χ2v) is 11.8. The topological polar surface area (TPSA) is 46.6 Å². The predicted octanol–water partition coefficient (Wildman–Crippen LogP) is 9.78. The van der Waals surface area contributed by atoms with Gasteiger partial charge in [-0.05, 0) is 82.5 Å². The normalized spacial score (nSPS) is 16.1. The van der Waals surface area contributed by atoms with Gasteiger partial charge in [0, 0.05) is 0 Å². The van der Waals surface area contributed by atoms with Gasteiger partial charge >= 0.3 is 18.4 Å². The van der Waals surface area contributed by atoms with E-state index in [2.05, 4.69) is 0 Å². The quantitative estimate of drug-likeness (QED) is 0.180. The van der Waals surface area contributed by atoms with Crippen LogP contribution in [-0.2, 0) is 28.3 Å². The molecule has 2 atom stereocenters. The van der Waals surface area contributed by atoms with Gasteiger partial charge in [0.15, 0.2) is 0 Å². The Hall–Kier alpha value is -4.60. The van der Waals surface area contributed by atoms with Crippen LogP contribution < -0.4 is 0 Å². The summed E-state index contributed by atoms with van der Waals surface area (Å²) >= 11 is 0. The summed E-state index contributed by atoms with van der Waals surface area (Å²) in [4.78, 5) is 28.4. The molecule has 0 N–H and O–H groups in total. The van der Waals surface area contributed by atoms with Crippen molar-refractivity contribution in [2.75, 3.05) is 6.61 Å². The summed E-state index contributed by atoms with van der Waals surface area (Å²) in [6, 6.07) is 22.9. The van der Waals surface area contributed by atoms with Crippen LogP contribution in [0.25, 0.3) is 22.3 Å². The van der Waals surface area contributed by atoms with Crippen molar-refractivity contribution < 1.29 is 40.7 Å². The van der Waals surface area contributed by atoms with Crippen LogP contribution >= 0.6 is 0 Å². The van der Waals surface area contributed by atoms with E-state index in [-0.39, 0.29) is 12.5 Å². The first-order valence-corrected chi connectivity index (χ1v) is 14.7. The first-order chi connectivity index (χ1) is 21.7. The van der Waals surface area contributed by atoms with Gasteiger partial charge in [0.25, 0.3) is 0 Å². The third kappa shape index (κ3) is 7.43. The highest BCUT2D eigenvalue weighted by molar-refractivity contribution is 5.97. The number of carbonyl (C=O) groups is 2. The van der Waals surface area contributed by atoms with Crippen LogP contribution in [0.1, 0.15) is 48.4 Å². The molecule has 0 aromatic heterocycles. The standard InChI is InChI=1S/C36H31F6NO3/c1-22(2)16-32(33(44)43-31(21-46-34(43)45)17-23-6-4-3-5-7-23)28-19-26(24-8-12-29(13-9-24)35(37,38)39)18-27(20-28)25-10-14-30(15-11-25)36(40,41)42/h3-15,18-20,22,31-32H,16-17,21H2,1-2H3/t31-,32-/m0/s1. The van der Waals surface area contributed by atoms with Crippen molar-refractivity contribution in [1.29, 1.82) is 0 Å². The van der Waals surface area contributed by atoms with Gasteiger partial charge in [-0.25, -0.2) is 9.69 Å². The average molecular weight is 640 g/mol. The average Bonchev–Trinajstić information content (AvgIpc) is 3.38. The van der Waals surface area contributed by atoms with Crippen LogP contribution in [0, 0.1) is 5.92 Å². The van der Waals surface area contributed by atoms with Gasteiger partial charge in [-0.2, -0.15) is 26.3 Å². The van der Waals surface area contributed by atoms with Gasteiger partial charge in [-0.15, -0.1) is 0 Å². The summed E-state index contributed by atoms with van der Waals surface area (Å²) in [6.45, 7) is 3.86. The van der Waals surface area contributed by atoms with E-state index in [0.29, 0.717) is 40.7 Å². The molecule has 0 saturated carbocycles. The molecular weight excluding hydrogens is 608 g/mol. The Morgan fingerprint density at radius 1 is 0.761 bits per heavy atom. The Bertz CT molecular complexity index is 1600. The predicted molar refractivity (Wildman–Crippen MR) is 162 cm³/mol. The number of ether oxygens (including phenoxy) is 1. The minimum absolute atomic E-state index is 0.00982. The third-order valence-electron chi connectivity index (χ3n) is 7.97. The van der Waals surface area contributed by atoms with Crippen molar-refractivity contribution in [3.8, 4) is 22.3 Å². The van der Waals surface area contributed by atoms with E-state index in [9.17, 15) is 35.9 Å². The van der Waals surface area contributed by atoms with E-state index in [4.69, 9.17) is 4.74 Å². The second kappa shape index (κ2) is 13.0. The summed E-state index contributed by atoms with van der Waals surface area (Å²) in [5, 5.41) is 0. The van der Waals surface area contributed by atoms with Crippen molar-refractivity contribution in [2.45, 2.75) is 51.0 Å². The number of nitrogens with zero attached hydrogens (tertiary/aromatic N) is 1. The molecule has 1 heterocycles. The molecule has 1 aliphatic heterocycles. The highest BCUT2D eigenvalue weighted by atomic mass is 19.4. The smallest absolute Gasteiger partial charge is 0.417 e. The van der Waals surface area contributed by atoms with Gasteiger partial charge in [0.2, 0.25) is 5.91 Å². The summed E-state index contributed by atoms with van der Waals surface area (Å²) in [5.74, 6) is -1.35. The van der Waals surface area contributed by atoms with Crippen LogP contribution in [0.4, 0.5) is 31.1 Å². The molecule has 1 fully saturated rings. The highest BCUT2D eigenvalue weighted by Gasteiger charge is 2.41. The lowest BCUT2D eigenvalue weighted by atomic mass is 9.85. The highest BCUT2D eigenvalue weighted by Crippen LogP contribution is 2.38. The van der Waals surface area contributed by atoms with E-state index >= 15 is 0 Å². The van der Waals surface area contributed by atoms with Crippen LogP contribution in [0.5, 0.6) is 0 Å². The fourth-order valence-corrected chi connectivity index (χ4v) is 5.68. The largest absolute Gasteiger partial charge is 0.447 e. The first-order valence-electron chi connectivity index (χ1n) is 14.7. The lowest BCUT2D eigenvalue weighted by Gasteiger charge is -2.27. The summed E-state index contributed by atoms with van der Waals surface area (Å²) in [5.41, 5.74) is 1.49. The Morgan fingerprint density at radius 2 is 1.26 bits per heavy atom. The molecule has 0 radical (unpaired) electrons. The van der Waals surface area contributed by atoms with Crippen molar-refractivity contribution in [3.63, 3.8) is 0 Å². The zero-order chi connectivity index (χ0) is 33.2. The fourth-order valence-electron chi connectivity index (χ4n) is 5.68. The van der Waals surface area contributed by atoms with E-state index in [1.807, 2.05) is 44.2 Å². The SMILES string of the molecule is CC(C)C[C@H](C(=O)N1C(=O)OC[C@@H]1Cc1ccccc1)c1cc(-c2ccc(C(F)(F)F)cc2)cc(-c2ccc(C(F)(F)F)cc2)c1. The van der Waals surface area contributed by atoms with Crippen molar-refractivity contribution in [2.24, 2.45) is 5.92 Å². The molecule has 240 valence electrons. The minimum atomic E-state index is -4.54. The summed E-state index contributed by atoms with van der Waals surface area (Å²) < 4.78 is 85.1. The Morgan fingerprint density at radius 3 is 1.72 bits per heavy atom. The number of hydrogen-bond acceptors (Lipinski definition) is 3. The van der Waals surface area contributed by atoms with E-state index < -0.39 is 47.4 Å². The number of carbonyl (C=O) groups excluding carboxylic acids is 2. The molecule has 5 rings (SSSR count). The van der Waals surface area contributed by atoms with E-state index in [1.165, 1.54) is 24.3 Å². The number of amides is 2. The van der Waals surface area contributed by atoms with Gasteiger partial charge in [0.1, 0.15) is 6.61 Å². The zero-order valence-electron chi connectivity index (χ0n) is 25.0. The van der Waals surface area contributed by atoms with Gasteiger partial charge in [-0.3, -0.25) is 4.79 Å². The summed E-state index contributed by atoms with van der Waals surface area (Å²) in [7, 11) is 0. The number of imide groups is 1. The van der Waals surface area contributed by atoms with Crippen molar-refractivity contribution in [3.05, 3.63) is 119 Å². The first kappa shape index (κ1) is 32.8. The molecule has 4 aromatic rings. The maximum atomic E-state index is 14.3. The molecular formula is C36H31F6NO3. The fraction of sp³-hybridized carbons (Fsp3) is 0.278. The number of halogens is 6. The van der Waals surface area contributed by atoms with E-state index in [0.717, 1.165) is 34.7 Å². The number of cyclic esters (lactones) is 1. The second-order valence-electron chi connectivity index (χ2n) is 11.8. The van der Waals surface area contributed by atoms with Gasteiger partial charge in [-0.1, -0.05) is 80.6 Å². The van der Waals surface area contributed by atoms with Crippen molar-refractivity contribution >= 4 is 12.0 Å². The Balaban J connectivity index is 1.60. The van der Waals surface area contributed by atoms with Crippen LogP contribution in [0.15, 0.2) is 97.1 Å². The molecule has 2 amide bonds. The molecule has 0 bridgehead atoms. The molecule has 10 heteroatoms. The molecule has 4 nitrogen and oxygen atoms in total. The number of benzene rings is 4. The molecule has 1 aliphatic rings. The molecule has 1 saturated heterocycles. The Kier molecular flexibility index (Phi) is 9.28. The maximum Gasteiger partial charge on any atom is 0.417 e. The lowest BCUT2D eigenvalue weighted by Crippen LogP contribution is -2.43. The molecule has 0 aliphatic carbocycles. The summed E-state index contributed by atoms with van der Waals surface area (Å²) in [6.07, 6.45) is -9.14. The molecule has 46 heavy (non-hydrogen) atoms. The number of rotatable bonds is 8. The molecule has 4 aromatic carbocycles. The third-order valence-corrected chi connectivity index (χ3v) is 7.97. The number of alkyl halides is 6. The van der Waals surface area contributed by atoms with E-state index in [1.54, 1.807) is 18.2 Å². The maximum absolute atomic E-state index is 14.3. The molecule has 0 unspecified atom stereocenters. The minimum Gasteiger partial charge on any atom is -0.447 e.